The molecular weight excluding hydrogens is 346 g/mol. The molecule has 0 fully saturated rings. The molecule has 0 spiro atoms. The number of thiophene rings is 1. The Morgan fingerprint density at radius 1 is 1.33 bits per heavy atom. The molecule has 3 aromatic rings. The Morgan fingerprint density at radius 2 is 2.12 bits per heavy atom. The van der Waals surface area contributed by atoms with Crippen LogP contribution in [0, 0.1) is 6.92 Å². The van der Waals surface area contributed by atoms with E-state index < -0.39 is 0 Å². The largest absolute Gasteiger partial charge is 0.497 e. The molecule has 1 amide bonds. The van der Waals surface area contributed by atoms with Gasteiger partial charge in [0.05, 0.1) is 18.0 Å². The maximum absolute atomic E-state index is 12.9. The zero-order valence-corrected chi connectivity index (χ0v) is 15.3. The summed E-state index contributed by atoms with van der Waals surface area (Å²) in [6.45, 7) is 4.96. The molecule has 0 saturated carbocycles. The molecule has 0 unspecified atom stereocenters. The van der Waals surface area contributed by atoms with E-state index in [0.717, 1.165) is 25.9 Å². The van der Waals surface area contributed by atoms with E-state index in [4.69, 9.17) is 20.8 Å². The maximum atomic E-state index is 12.9. The summed E-state index contributed by atoms with van der Waals surface area (Å²) in [5.74, 6) is 1.00. The molecule has 4 nitrogen and oxygen atoms in total. The van der Waals surface area contributed by atoms with Crippen LogP contribution in [0.1, 0.15) is 27.9 Å². The third-order valence-electron chi connectivity index (χ3n) is 3.98. The van der Waals surface area contributed by atoms with Gasteiger partial charge in [-0.3, -0.25) is 4.79 Å². The average molecular weight is 364 g/mol. The molecule has 0 aliphatic rings. The Morgan fingerprint density at radius 3 is 2.75 bits per heavy atom. The molecule has 2 aromatic heterocycles. The quantitative estimate of drug-likeness (QED) is 0.631. The van der Waals surface area contributed by atoms with Crippen molar-refractivity contribution >= 4 is 39.8 Å². The van der Waals surface area contributed by atoms with Crippen LogP contribution in [0.5, 0.6) is 5.75 Å². The SMILES string of the molecule is CCN(Cc1ccc(Cl)s1)C(=O)c1oc2ccc(OC)cc2c1C. The fraction of sp³-hybridized carbons (Fsp3) is 0.278. The lowest BCUT2D eigenvalue weighted by Crippen LogP contribution is -2.30. The van der Waals surface area contributed by atoms with Gasteiger partial charge >= 0.3 is 0 Å². The van der Waals surface area contributed by atoms with Crippen LogP contribution in [0.3, 0.4) is 0 Å². The van der Waals surface area contributed by atoms with Crippen molar-refractivity contribution in [2.24, 2.45) is 0 Å². The minimum absolute atomic E-state index is 0.116. The molecule has 0 N–H and O–H groups in total. The number of rotatable bonds is 5. The molecule has 0 aliphatic carbocycles. The number of amides is 1. The number of nitrogens with zero attached hydrogens (tertiary/aromatic N) is 1. The molecule has 2 heterocycles. The molecule has 3 rings (SSSR count). The number of ether oxygens (including phenoxy) is 1. The predicted octanol–water partition coefficient (Wildman–Crippen LogP) is 5.13. The van der Waals surface area contributed by atoms with Crippen molar-refractivity contribution in [2.75, 3.05) is 13.7 Å². The zero-order valence-electron chi connectivity index (χ0n) is 13.8. The smallest absolute Gasteiger partial charge is 0.290 e. The van der Waals surface area contributed by atoms with Crippen LogP contribution in [0.25, 0.3) is 11.0 Å². The average Bonchev–Trinajstić information content (AvgIpc) is 3.15. The highest BCUT2D eigenvalue weighted by Crippen LogP contribution is 2.30. The van der Waals surface area contributed by atoms with Gasteiger partial charge in [0.2, 0.25) is 0 Å². The van der Waals surface area contributed by atoms with Gasteiger partial charge in [0.15, 0.2) is 5.76 Å². The number of halogens is 1. The van der Waals surface area contributed by atoms with Gasteiger partial charge in [-0.1, -0.05) is 11.6 Å². The first-order valence-corrected chi connectivity index (χ1v) is 8.83. The summed E-state index contributed by atoms with van der Waals surface area (Å²) in [5, 5.41) is 0.896. The second-order valence-corrected chi connectivity index (χ2v) is 7.24. The second kappa shape index (κ2) is 6.87. The van der Waals surface area contributed by atoms with E-state index in [9.17, 15) is 4.79 Å². The molecule has 126 valence electrons. The van der Waals surface area contributed by atoms with Crippen molar-refractivity contribution in [3.8, 4) is 5.75 Å². The lowest BCUT2D eigenvalue weighted by molar-refractivity contribution is 0.0723. The number of hydrogen-bond acceptors (Lipinski definition) is 4. The van der Waals surface area contributed by atoms with Crippen LogP contribution < -0.4 is 4.74 Å². The molecule has 0 atom stereocenters. The minimum Gasteiger partial charge on any atom is -0.497 e. The van der Waals surface area contributed by atoms with Crippen LogP contribution in [-0.4, -0.2) is 24.5 Å². The molecule has 0 saturated heterocycles. The van der Waals surface area contributed by atoms with Crippen LogP contribution in [-0.2, 0) is 6.54 Å². The lowest BCUT2D eigenvalue weighted by Gasteiger charge is -2.19. The van der Waals surface area contributed by atoms with E-state index in [1.54, 1.807) is 12.0 Å². The van der Waals surface area contributed by atoms with Gasteiger partial charge in [0.1, 0.15) is 11.3 Å². The summed E-state index contributed by atoms with van der Waals surface area (Å²) in [7, 11) is 1.62. The number of fused-ring (bicyclic) bond motifs is 1. The standard InChI is InChI=1S/C18H18ClNO3S/c1-4-20(10-13-6-8-16(19)24-13)18(21)17-11(2)14-9-12(22-3)5-7-15(14)23-17/h5-9H,4,10H2,1-3H3. The number of carbonyl (C=O) groups is 1. The molecule has 24 heavy (non-hydrogen) atoms. The molecule has 0 aliphatic heterocycles. The van der Waals surface area contributed by atoms with Gasteiger partial charge in [-0.25, -0.2) is 0 Å². The number of furan rings is 1. The first-order valence-electron chi connectivity index (χ1n) is 7.64. The predicted molar refractivity (Wildman–Crippen MR) is 97.2 cm³/mol. The fourth-order valence-electron chi connectivity index (χ4n) is 2.63. The fourth-order valence-corrected chi connectivity index (χ4v) is 3.73. The highest BCUT2D eigenvalue weighted by molar-refractivity contribution is 7.16. The number of aryl methyl sites for hydroxylation is 1. The van der Waals surface area contributed by atoms with Gasteiger partial charge in [0, 0.05) is 22.4 Å². The van der Waals surface area contributed by atoms with Crippen molar-refractivity contribution < 1.29 is 13.9 Å². The second-order valence-electron chi connectivity index (χ2n) is 5.44. The normalized spacial score (nSPS) is 11.0. The Hall–Kier alpha value is -1.98. The summed E-state index contributed by atoms with van der Waals surface area (Å²) in [4.78, 5) is 15.7. The Balaban J connectivity index is 1.92. The Kier molecular flexibility index (Phi) is 4.83. The van der Waals surface area contributed by atoms with E-state index in [0.29, 0.717) is 24.4 Å². The monoisotopic (exact) mass is 363 g/mol. The molecule has 1 aromatic carbocycles. The number of benzene rings is 1. The summed E-state index contributed by atoms with van der Waals surface area (Å²) in [5.41, 5.74) is 1.52. The summed E-state index contributed by atoms with van der Waals surface area (Å²) in [6.07, 6.45) is 0. The summed E-state index contributed by atoms with van der Waals surface area (Å²) >= 11 is 7.46. The van der Waals surface area contributed by atoms with Crippen molar-refractivity contribution in [3.63, 3.8) is 0 Å². The lowest BCUT2D eigenvalue weighted by atomic mass is 10.1. The van der Waals surface area contributed by atoms with Crippen LogP contribution in [0.15, 0.2) is 34.7 Å². The van der Waals surface area contributed by atoms with E-state index in [1.165, 1.54) is 11.3 Å². The Bertz CT molecular complexity index is 884. The zero-order chi connectivity index (χ0) is 17.3. The van der Waals surface area contributed by atoms with Gasteiger partial charge < -0.3 is 14.1 Å². The first kappa shape index (κ1) is 16.9. The molecule has 6 heteroatoms. The third-order valence-corrected chi connectivity index (χ3v) is 5.20. The van der Waals surface area contributed by atoms with Crippen molar-refractivity contribution in [3.05, 3.63) is 50.9 Å². The van der Waals surface area contributed by atoms with Crippen molar-refractivity contribution in [1.29, 1.82) is 0 Å². The van der Waals surface area contributed by atoms with Crippen molar-refractivity contribution in [2.45, 2.75) is 20.4 Å². The third kappa shape index (κ3) is 3.14. The topological polar surface area (TPSA) is 42.7 Å². The highest BCUT2D eigenvalue weighted by atomic mass is 35.5. The molecule has 0 radical (unpaired) electrons. The van der Waals surface area contributed by atoms with E-state index in [-0.39, 0.29) is 5.91 Å². The molecule has 0 bridgehead atoms. The van der Waals surface area contributed by atoms with Gasteiger partial charge in [-0.2, -0.15) is 0 Å². The van der Waals surface area contributed by atoms with E-state index in [1.807, 2.05) is 44.2 Å². The van der Waals surface area contributed by atoms with Crippen LogP contribution in [0.2, 0.25) is 4.34 Å². The minimum atomic E-state index is -0.116. The molecular formula is C18H18ClNO3S. The van der Waals surface area contributed by atoms with Crippen LogP contribution >= 0.6 is 22.9 Å². The number of methoxy groups -OCH3 is 1. The van der Waals surface area contributed by atoms with Crippen molar-refractivity contribution in [1.82, 2.24) is 4.90 Å². The Labute approximate surface area is 149 Å². The van der Waals surface area contributed by atoms with Gasteiger partial charge in [-0.15, -0.1) is 11.3 Å². The first-order chi connectivity index (χ1) is 11.5. The summed E-state index contributed by atoms with van der Waals surface area (Å²) < 4.78 is 11.8. The van der Waals surface area contributed by atoms with Gasteiger partial charge in [-0.05, 0) is 44.2 Å². The van der Waals surface area contributed by atoms with E-state index >= 15 is 0 Å². The number of hydrogen-bond donors (Lipinski definition) is 0. The summed E-state index contributed by atoms with van der Waals surface area (Å²) in [6, 6.07) is 9.33. The van der Waals surface area contributed by atoms with Gasteiger partial charge in [0.25, 0.3) is 5.91 Å². The van der Waals surface area contributed by atoms with E-state index in [2.05, 4.69) is 0 Å². The highest BCUT2D eigenvalue weighted by Gasteiger charge is 2.23. The van der Waals surface area contributed by atoms with Crippen LogP contribution in [0.4, 0.5) is 0 Å². The maximum Gasteiger partial charge on any atom is 0.290 e. The number of carbonyl (C=O) groups excluding carboxylic acids is 1.